The van der Waals surface area contributed by atoms with Crippen molar-refractivity contribution in [1.29, 1.82) is 0 Å². The van der Waals surface area contributed by atoms with E-state index in [-0.39, 0.29) is 18.4 Å². The topological polar surface area (TPSA) is 49.4 Å². The van der Waals surface area contributed by atoms with Gasteiger partial charge in [0.2, 0.25) is 11.8 Å². The Hall–Kier alpha value is -1.32. The lowest BCUT2D eigenvalue weighted by molar-refractivity contribution is -0.133. The molecule has 0 aliphatic carbocycles. The Morgan fingerprint density at radius 3 is 2.86 bits per heavy atom. The Kier molecular flexibility index (Phi) is 3.68. The minimum atomic E-state index is -0.108. The van der Waals surface area contributed by atoms with Crippen LogP contribution in [0.4, 0.5) is 0 Å². The molecule has 1 aliphatic heterocycles. The molecule has 2 amide bonds. The molecule has 0 bridgehead atoms. The van der Waals surface area contributed by atoms with Crippen LogP contribution in [-0.4, -0.2) is 36.3 Å². The van der Waals surface area contributed by atoms with Crippen LogP contribution in [0, 0.1) is 0 Å². The number of nitrogens with zero attached hydrogens (tertiary/aromatic N) is 1. The fourth-order valence-electron chi connectivity index (χ4n) is 1.35. The van der Waals surface area contributed by atoms with E-state index >= 15 is 0 Å². The summed E-state index contributed by atoms with van der Waals surface area (Å²) in [6.45, 7) is 6.91. The molecule has 1 aliphatic rings. The van der Waals surface area contributed by atoms with Crippen LogP contribution in [0.5, 0.6) is 0 Å². The number of nitrogens with one attached hydrogen (secondary N) is 1. The van der Waals surface area contributed by atoms with Crippen LogP contribution in [0.2, 0.25) is 0 Å². The zero-order valence-electron chi connectivity index (χ0n) is 8.51. The van der Waals surface area contributed by atoms with Gasteiger partial charge in [0.15, 0.2) is 0 Å². The molecule has 1 fully saturated rings. The standard InChI is InChI=1S/C10H16N2O2/c1-8(2)6-11-9(13)7-12-5-3-4-10(12)14/h1,3-7H2,2H3,(H,11,13). The van der Waals surface area contributed by atoms with E-state index in [9.17, 15) is 9.59 Å². The van der Waals surface area contributed by atoms with Crippen LogP contribution >= 0.6 is 0 Å². The van der Waals surface area contributed by atoms with E-state index < -0.39 is 0 Å². The first kappa shape index (κ1) is 10.8. The molecular weight excluding hydrogens is 180 g/mol. The van der Waals surface area contributed by atoms with Crippen molar-refractivity contribution in [2.24, 2.45) is 0 Å². The summed E-state index contributed by atoms with van der Waals surface area (Å²) in [5.74, 6) is -0.0290. The Morgan fingerprint density at radius 1 is 1.64 bits per heavy atom. The second-order valence-corrected chi connectivity index (χ2v) is 3.65. The molecule has 4 nitrogen and oxygen atoms in total. The zero-order chi connectivity index (χ0) is 10.6. The summed E-state index contributed by atoms with van der Waals surface area (Å²) < 4.78 is 0. The molecule has 78 valence electrons. The molecule has 0 aromatic carbocycles. The highest BCUT2D eigenvalue weighted by Crippen LogP contribution is 2.08. The number of amides is 2. The van der Waals surface area contributed by atoms with Crippen LogP contribution in [-0.2, 0) is 9.59 Å². The molecule has 0 saturated carbocycles. The zero-order valence-corrected chi connectivity index (χ0v) is 8.51. The van der Waals surface area contributed by atoms with Crippen molar-refractivity contribution in [1.82, 2.24) is 10.2 Å². The third kappa shape index (κ3) is 3.20. The molecule has 0 atom stereocenters. The van der Waals surface area contributed by atoms with Crippen molar-refractivity contribution in [2.75, 3.05) is 19.6 Å². The lowest BCUT2D eigenvalue weighted by Crippen LogP contribution is -2.38. The van der Waals surface area contributed by atoms with Gasteiger partial charge in [-0.1, -0.05) is 12.2 Å². The van der Waals surface area contributed by atoms with Gasteiger partial charge in [-0.25, -0.2) is 0 Å². The SMILES string of the molecule is C=C(C)CNC(=O)CN1CCCC1=O. The van der Waals surface area contributed by atoms with E-state index in [1.807, 2.05) is 6.92 Å². The summed E-state index contributed by atoms with van der Waals surface area (Å²) in [5.41, 5.74) is 0.908. The van der Waals surface area contributed by atoms with E-state index in [0.29, 0.717) is 19.5 Å². The van der Waals surface area contributed by atoms with Gasteiger partial charge in [0.05, 0.1) is 6.54 Å². The molecule has 1 saturated heterocycles. The molecular formula is C10H16N2O2. The maximum Gasteiger partial charge on any atom is 0.239 e. The molecule has 0 spiro atoms. The summed E-state index contributed by atoms with van der Waals surface area (Å²) in [6, 6.07) is 0. The summed E-state index contributed by atoms with van der Waals surface area (Å²) >= 11 is 0. The molecule has 0 aromatic rings. The molecule has 0 aromatic heterocycles. The molecule has 1 heterocycles. The first-order chi connectivity index (χ1) is 6.59. The lowest BCUT2D eigenvalue weighted by Gasteiger charge is -2.14. The van der Waals surface area contributed by atoms with Crippen molar-refractivity contribution in [3.8, 4) is 0 Å². The average molecular weight is 196 g/mol. The number of carbonyl (C=O) groups is 2. The quantitative estimate of drug-likeness (QED) is 0.657. The van der Waals surface area contributed by atoms with Gasteiger partial charge < -0.3 is 10.2 Å². The highest BCUT2D eigenvalue weighted by Gasteiger charge is 2.21. The summed E-state index contributed by atoms with van der Waals surface area (Å²) in [7, 11) is 0. The van der Waals surface area contributed by atoms with Gasteiger partial charge in [-0.05, 0) is 13.3 Å². The fourth-order valence-corrected chi connectivity index (χ4v) is 1.35. The lowest BCUT2D eigenvalue weighted by atomic mass is 10.3. The number of hydrogen-bond donors (Lipinski definition) is 1. The minimum absolute atomic E-state index is 0.0791. The predicted octanol–water partition coefficient (Wildman–Crippen LogP) is 0.301. The third-order valence-electron chi connectivity index (χ3n) is 2.09. The molecule has 1 N–H and O–H groups in total. The van der Waals surface area contributed by atoms with Gasteiger partial charge in [-0.3, -0.25) is 9.59 Å². The van der Waals surface area contributed by atoms with Crippen LogP contribution < -0.4 is 5.32 Å². The van der Waals surface area contributed by atoms with E-state index in [0.717, 1.165) is 12.0 Å². The minimum Gasteiger partial charge on any atom is -0.351 e. The Balaban J connectivity index is 2.26. The maximum atomic E-state index is 11.3. The number of rotatable bonds is 4. The van der Waals surface area contributed by atoms with Crippen LogP contribution in [0.25, 0.3) is 0 Å². The number of likely N-dealkylation sites (tertiary alicyclic amines) is 1. The van der Waals surface area contributed by atoms with Gasteiger partial charge in [0.1, 0.15) is 0 Å². The Morgan fingerprint density at radius 2 is 2.36 bits per heavy atom. The molecule has 14 heavy (non-hydrogen) atoms. The van der Waals surface area contributed by atoms with Gasteiger partial charge >= 0.3 is 0 Å². The van der Waals surface area contributed by atoms with E-state index in [1.54, 1.807) is 4.90 Å². The maximum absolute atomic E-state index is 11.3. The normalized spacial score (nSPS) is 15.8. The van der Waals surface area contributed by atoms with Crippen LogP contribution in [0.1, 0.15) is 19.8 Å². The molecule has 0 radical (unpaired) electrons. The highest BCUT2D eigenvalue weighted by atomic mass is 16.2. The van der Waals surface area contributed by atoms with Gasteiger partial charge in [-0.15, -0.1) is 0 Å². The van der Waals surface area contributed by atoms with E-state index in [4.69, 9.17) is 0 Å². The van der Waals surface area contributed by atoms with Crippen LogP contribution in [0.3, 0.4) is 0 Å². The van der Waals surface area contributed by atoms with E-state index in [2.05, 4.69) is 11.9 Å². The Labute approximate surface area is 84.0 Å². The van der Waals surface area contributed by atoms with Gasteiger partial charge in [0, 0.05) is 19.5 Å². The summed E-state index contributed by atoms with van der Waals surface area (Å²) in [5, 5.41) is 2.70. The first-order valence-electron chi connectivity index (χ1n) is 4.78. The smallest absolute Gasteiger partial charge is 0.239 e. The second kappa shape index (κ2) is 4.79. The molecule has 4 heteroatoms. The second-order valence-electron chi connectivity index (χ2n) is 3.65. The predicted molar refractivity (Wildman–Crippen MR) is 53.6 cm³/mol. The van der Waals surface area contributed by atoms with Crippen molar-refractivity contribution in [2.45, 2.75) is 19.8 Å². The number of carbonyl (C=O) groups excluding carboxylic acids is 2. The number of hydrogen-bond acceptors (Lipinski definition) is 2. The monoisotopic (exact) mass is 196 g/mol. The van der Waals surface area contributed by atoms with Crippen molar-refractivity contribution < 1.29 is 9.59 Å². The first-order valence-corrected chi connectivity index (χ1v) is 4.78. The van der Waals surface area contributed by atoms with Crippen molar-refractivity contribution in [3.05, 3.63) is 12.2 Å². The van der Waals surface area contributed by atoms with Crippen molar-refractivity contribution >= 4 is 11.8 Å². The summed E-state index contributed by atoms with van der Waals surface area (Å²) in [4.78, 5) is 24.1. The average Bonchev–Trinajstić information content (AvgIpc) is 2.49. The highest BCUT2D eigenvalue weighted by molar-refractivity contribution is 5.85. The van der Waals surface area contributed by atoms with Crippen molar-refractivity contribution in [3.63, 3.8) is 0 Å². The molecule has 1 rings (SSSR count). The molecule has 0 unspecified atom stereocenters. The largest absolute Gasteiger partial charge is 0.351 e. The van der Waals surface area contributed by atoms with E-state index in [1.165, 1.54) is 0 Å². The summed E-state index contributed by atoms with van der Waals surface area (Å²) in [6.07, 6.45) is 1.44. The van der Waals surface area contributed by atoms with Crippen LogP contribution in [0.15, 0.2) is 12.2 Å². The fraction of sp³-hybridized carbons (Fsp3) is 0.600. The third-order valence-corrected chi connectivity index (χ3v) is 2.09. The Bertz CT molecular complexity index is 261. The van der Waals surface area contributed by atoms with Gasteiger partial charge in [0.25, 0.3) is 0 Å². The van der Waals surface area contributed by atoms with Gasteiger partial charge in [-0.2, -0.15) is 0 Å².